The second-order valence-corrected chi connectivity index (χ2v) is 4.39. The zero-order valence-corrected chi connectivity index (χ0v) is 14.1. The summed E-state index contributed by atoms with van der Waals surface area (Å²) in [5.74, 6) is 0. The van der Waals surface area contributed by atoms with Gasteiger partial charge in [0.2, 0.25) is 0 Å². The van der Waals surface area contributed by atoms with E-state index >= 15 is 0 Å². The van der Waals surface area contributed by atoms with Gasteiger partial charge < -0.3 is 26.5 Å². The van der Waals surface area contributed by atoms with E-state index in [9.17, 15) is 0 Å². The fourth-order valence-corrected chi connectivity index (χ4v) is 1.97. The molecular formula is C13H16BrClMgO2. The first-order valence-corrected chi connectivity index (χ1v) is 6.12. The van der Waals surface area contributed by atoms with Gasteiger partial charge in [-0.2, -0.15) is 23.8 Å². The first kappa shape index (κ1) is 18.7. The first-order chi connectivity index (χ1) is 7.84. The summed E-state index contributed by atoms with van der Waals surface area (Å²) in [6, 6.07) is 8.74. The minimum absolute atomic E-state index is 0. The van der Waals surface area contributed by atoms with Gasteiger partial charge in [-0.15, -0.1) is 17.7 Å². The second-order valence-electron chi connectivity index (χ2n) is 3.95. The van der Waals surface area contributed by atoms with Crippen LogP contribution in [0.25, 0.3) is 0 Å². The van der Waals surface area contributed by atoms with Crippen LogP contribution in [0.3, 0.4) is 0 Å². The molecule has 0 amide bonds. The SMILES string of the molecule is Clc1cc[c-]c(CCOC2CCCCO2)c1.[Br-].[Mg+2]. The molecule has 5 heteroatoms. The standard InChI is InChI=1S/C13H16ClO2.BrH.Mg/c14-12-5-3-4-11(10-12)7-9-16-13-6-1-2-8-15-13;;/h3,5,10,13H,1-2,6-9H2;1H;/q-1;;+2/p-1. The van der Waals surface area contributed by atoms with Gasteiger partial charge in [0.15, 0.2) is 6.29 Å². The molecule has 1 aromatic rings. The molecule has 2 nitrogen and oxygen atoms in total. The van der Waals surface area contributed by atoms with Gasteiger partial charge in [-0.3, -0.25) is 0 Å². The molecule has 18 heavy (non-hydrogen) atoms. The summed E-state index contributed by atoms with van der Waals surface area (Å²) < 4.78 is 11.1. The molecule has 0 saturated carbocycles. The molecule has 1 fully saturated rings. The Morgan fingerprint density at radius 2 is 2.28 bits per heavy atom. The molecule has 0 radical (unpaired) electrons. The average molecular weight is 344 g/mol. The number of halogens is 2. The van der Waals surface area contributed by atoms with Crippen molar-refractivity contribution in [1.29, 1.82) is 0 Å². The molecule has 0 aliphatic carbocycles. The summed E-state index contributed by atoms with van der Waals surface area (Å²) in [5.41, 5.74) is 1.09. The Hall–Kier alpha value is 0.676. The van der Waals surface area contributed by atoms with Gasteiger partial charge in [-0.05, 0) is 25.7 Å². The molecule has 1 aromatic carbocycles. The molecular weight excluding hydrogens is 328 g/mol. The van der Waals surface area contributed by atoms with E-state index in [0.29, 0.717) is 6.61 Å². The third-order valence-corrected chi connectivity index (χ3v) is 2.87. The minimum atomic E-state index is -0.00654. The van der Waals surface area contributed by atoms with Crippen LogP contribution >= 0.6 is 11.6 Å². The first-order valence-electron chi connectivity index (χ1n) is 5.74. The molecule has 0 bridgehead atoms. The van der Waals surface area contributed by atoms with Gasteiger partial charge in [0.1, 0.15) is 0 Å². The van der Waals surface area contributed by atoms with E-state index in [0.717, 1.165) is 36.5 Å². The molecule has 1 aliphatic rings. The van der Waals surface area contributed by atoms with Crippen molar-refractivity contribution in [2.24, 2.45) is 0 Å². The van der Waals surface area contributed by atoms with Crippen molar-refractivity contribution in [2.45, 2.75) is 32.0 Å². The van der Waals surface area contributed by atoms with Crippen LogP contribution in [0.2, 0.25) is 5.02 Å². The maximum Gasteiger partial charge on any atom is 2.00 e. The fraction of sp³-hybridized carbons (Fsp3) is 0.538. The monoisotopic (exact) mass is 342 g/mol. The quantitative estimate of drug-likeness (QED) is 0.559. The molecule has 1 unspecified atom stereocenters. The topological polar surface area (TPSA) is 18.5 Å². The van der Waals surface area contributed by atoms with Gasteiger partial charge in [0, 0.05) is 6.61 Å². The van der Waals surface area contributed by atoms with Crippen LogP contribution in [-0.4, -0.2) is 42.6 Å². The molecule has 1 atom stereocenters. The van der Waals surface area contributed by atoms with E-state index in [-0.39, 0.29) is 46.3 Å². The van der Waals surface area contributed by atoms with E-state index in [4.69, 9.17) is 21.1 Å². The second kappa shape index (κ2) is 10.5. The summed E-state index contributed by atoms with van der Waals surface area (Å²) in [6.07, 6.45) is 4.20. The predicted octanol–water partition coefficient (Wildman–Crippen LogP) is -0.151. The van der Waals surface area contributed by atoms with Crippen LogP contribution in [-0.2, 0) is 15.9 Å². The largest absolute Gasteiger partial charge is 2.00 e. The third kappa shape index (κ3) is 6.73. The van der Waals surface area contributed by atoms with Crippen molar-refractivity contribution in [3.8, 4) is 0 Å². The van der Waals surface area contributed by atoms with Crippen LogP contribution in [0, 0.1) is 6.07 Å². The number of benzene rings is 1. The van der Waals surface area contributed by atoms with Gasteiger partial charge in [-0.1, -0.05) is 5.02 Å². The van der Waals surface area contributed by atoms with Gasteiger partial charge >= 0.3 is 23.1 Å². The zero-order valence-electron chi connectivity index (χ0n) is 10.3. The molecule has 2 rings (SSSR count). The molecule has 1 aliphatic heterocycles. The minimum Gasteiger partial charge on any atom is -1.00 e. The molecule has 96 valence electrons. The van der Waals surface area contributed by atoms with Crippen LogP contribution in [0.15, 0.2) is 18.2 Å². The maximum atomic E-state index is 5.89. The summed E-state index contributed by atoms with van der Waals surface area (Å²) >= 11 is 5.89. The smallest absolute Gasteiger partial charge is 1.00 e. The average Bonchev–Trinajstić information content (AvgIpc) is 2.30. The predicted molar refractivity (Wildman–Crippen MR) is 69.3 cm³/mol. The van der Waals surface area contributed by atoms with Crippen LogP contribution in [0.5, 0.6) is 0 Å². The van der Waals surface area contributed by atoms with Crippen molar-refractivity contribution in [1.82, 2.24) is 0 Å². The number of hydrogen-bond acceptors (Lipinski definition) is 2. The van der Waals surface area contributed by atoms with E-state index in [2.05, 4.69) is 6.07 Å². The Bertz CT molecular complexity index is 333. The summed E-state index contributed by atoms with van der Waals surface area (Å²) in [6.45, 7) is 1.50. The van der Waals surface area contributed by atoms with Gasteiger partial charge in [0.25, 0.3) is 0 Å². The molecule has 0 spiro atoms. The van der Waals surface area contributed by atoms with Gasteiger partial charge in [-0.25, -0.2) is 0 Å². The van der Waals surface area contributed by atoms with Crippen molar-refractivity contribution in [3.05, 3.63) is 34.9 Å². The molecule has 1 saturated heterocycles. The zero-order chi connectivity index (χ0) is 11.2. The molecule has 1 heterocycles. The number of hydrogen-bond donors (Lipinski definition) is 0. The van der Waals surface area contributed by atoms with Crippen molar-refractivity contribution in [2.75, 3.05) is 13.2 Å². The van der Waals surface area contributed by atoms with E-state index in [1.54, 1.807) is 0 Å². The van der Waals surface area contributed by atoms with E-state index in [1.165, 1.54) is 6.42 Å². The van der Waals surface area contributed by atoms with Crippen molar-refractivity contribution < 1.29 is 26.5 Å². The number of ether oxygens (including phenoxy) is 2. The Kier molecular flexibility index (Phi) is 10.9. The normalized spacial score (nSPS) is 18.6. The van der Waals surface area contributed by atoms with E-state index < -0.39 is 0 Å². The van der Waals surface area contributed by atoms with Crippen LogP contribution in [0.1, 0.15) is 24.8 Å². The fourth-order valence-electron chi connectivity index (χ4n) is 1.77. The summed E-state index contributed by atoms with van der Waals surface area (Å²) in [5, 5.41) is 0.752. The maximum absolute atomic E-state index is 5.89. The number of rotatable bonds is 4. The van der Waals surface area contributed by atoms with Crippen molar-refractivity contribution in [3.63, 3.8) is 0 Å². The Labute approximate surface area is 140 Å². The summed E-state index contributed by atoms with van der Waals surface area (Å²) in [4.78, 5) is 0. The van der Waals surface area contributed by atoms with Gasteiger partial charge in [0.05, 0.1) is 6.61 Å². The Morgan fingerprint density at radius 1 is 1.44 bits per heavy atom. The van der Waals surface area contributed by atoms with Crippen LogP contribution in [0.4, 0.5) is 0 Å². The van der Waals surface area contributed by atoms with E-state index in [1.807, 2.05) is 18.2 Å². The molecule has 0 N–H and O–H groups in total. The van der Waals surface area contributed by atoms with Crippen molar-refractivity contribution >= 4 is 34.7 Å². The molecule has 0 aromatic heterocycles. The third-order valence-electron chi connectivity index (χ3n) is 2.64. The Balaban J connectivity index is 0.00000144. The summed E-state index contributed by atoms with van der Waals surface area (Å²) in [7, 11) is 0. The Morgan fingerprint density at radius 3 is 2.94 bits per heavy atom. The van der Waals surface area contributed by atoms with Crippen LogP contribution < -0.4 is 17.0 Å².